The summed E-state index contributed by atoms with van der Waals surface area (Å²) in [7, 11) is 0. The van der Waals surface area contributed by atoms with Crippen LogP contribution in [0.25, 0.3) is 0 Å². The van der Waals surface area contributed by atoms with E-state index in [1.54, 1.807) is 6.92 Å². The predicted octanol–water partition coefficient (Wildman–Crippen LogP) is 5.25. The van der Waals surface area contributed by atoms with Crippen LogP contribution in [0.5, 0.6) is 0 Å². The van der Waals surface area contributed by atoms with Crippen LogP contribution in [0.1, 0.15) is 46.5 Å². The minimum Gasteiger partial charge on any atom is -0.287 e. The molecule has 20 heavy (non-hydrogen) atoms. The third-order valence-corrected chi connectivity index (χ3v) is 3.29. The highest BCUT2D eigenvalue weighted by Gasteiger charge is 2.04. The number of hydrogen-bond acceptors (Lipinski definition) is 1. The number of nitrogens with one attached hydrogen (secondary N) is 1. The van der Waals surface area contributed by atoms with Crippen molar-refractivity contribution in [2.24, 2.45) is 10.9 Å². The molecule has 0 radical (unpaired) electrons. The topological polar surface area (TPSA) is 36.2 Å². The lowest BCUT2D eigenvalue weighted by Crippen LogP contribution is -1.98. The van der Waals surface area contributed by atoms with Crippen LogP contribution in [0.2, 0.25) is 0 Å². The molecule has 0 unspecified atom stereocenters. The second kappa shape index (κ2) is 8.47. The van der Waals surface area contributed by atoms with Gasteiger partial charge in [-0.3, -0.25) is 5.41 Å². The minimum absolute atomic E-state index is 0.378. The van der Waals surface area contributed by atoms with Crippen LogP contribution >= 0.6 is 0 Å². The first-order valence-electron chi connectivity index (χ1n) is 7.29. The molecule has 1 aliphatic rings. The molecule has 1 N–H and O–H groups in total. The zero-order chi connectivity index (χ0) is 15.0. The second-order valence-corrected chi connectivity index (χ2v) is 5.50. The molecule has 0 heterocycles. The van der Waals surface area contributed by atoms with Crippen molar-refractivity contribution >= 4 is 11.5 Å². The summed E-state index contributed by atoms with van der Waals surface area (Å²) in [5.74, 6) is 1.03. The molecule has 0 fully saturated rings. The van der Waals surface area contributed by atoms with E-state index in [-0.39, 0.29) is 0 Å². The van der Waals surface area contributed by atoms with Crippen molar-refractivity contribution in [1.29, 1.82) is 5.41 Å². The molecular weight excluding hydrogens is 244 g/mol. The van der Waals surface area contributed by atoms with Gasteiger partial charge in [0.15, 0.2) is 0 Å². The standard InChI is InChI=1S/C18H26N2/c1-5-6-17(12-9-15(3)20-16(4)19)13-18-10-7-14(2)8-11-18/h5,7,10-11,13-14,19H,1,6,8-9,12H2,2-4H3/b17-13+,19-16?,20-15?/t14-/m0/s1. The summed E-state index contributed by atoms with van der Waals surface area (Å²) in [6.45, 7) is 9.77. The zero-order valence-corrected chi connectivity index (χ0v) is 12.9. The predicted molar refractivity (Wildman–Crippen MR) is 89.6 cm³/mol. The fourth-order valence-corrected chi connectivity index (χ4v) is 2.19. The molecule has 0 aromatic heterocycles. The van der Waals surface area contributed by atoms with E-state index in [4.69, 9.17) is 5.41 Å². The first-order chi connectivity index (χ1) is 9.51. The fraction of sp³-hybridized carbons (Fsp3) is 0.444. The molecule has 0 aromatic rings. The van der Waals surface area contributed by atoms with Gasteiger partial charge in [0.1, 0.15) is 5.84 Å². The normalized spacial score (nSPS) is 19.8. The molecule has 2 nitrogen and oxygen atoms in total. The number of rotatable bonds is 6. The van der Waals surface area contributed by atoms with Crippen molar-refractivity contribution in [3.63, 3.8) is 0 Å². The smallest absolute Gasteiger partial charge is 0.117 e. The molecule has 0 aliphatic heterocycles. The quantitative estimate of drug-likeness (QED) is 0.389. The van der Waals surface area contributed by atoms with Crippen molar-refractivity contribution in [3.8, 4) is 0 Å². The number of aliphatic imine (C=N–C) groups is 1. The summed E-state index contributed by atoms with van der Waals surface area (Å²) in [5.41, 5.74) is 3.70. The fourth-order valence-electron chi connectivity index (χ4n) is 2.19. The van der Waals surface area contributed by atoms with E-state index in [9.17, 15) is 0 Å². The Morgan fingerprint density at radius 2 is 2.20 bits per heavy atom. The first-order valence-corrected chi connectivity index (χ1v) is 7.29. The molecule has 1 aliphatic carbocycles. The van der Waals surface area contributed by atoms with Crippen LogP contribution < -0.4 is 0 Å². The molecule has 0 amide bonds. The Hall–Kier alpha value is -1.70. The number of hydrogen-bond donors (Lipinski definition) is 1. The van der Waals surface area contributed by atoms with Crippen LogP contribution in [0, 0.1) is 11.3 Å². The molecule has 2 heteroatoms. The lowest BCUT2D eigenvalue weighted by molar-refractivity contribution is 0.733. The summed E-state index contributed by atoms with van der Waals surface area (Å²) in [6.07, 6.45) is 14.9. The number of amidine groups is 1. The Morgan fingerprint density at radius 1 is 1.45 bits per heavy atom. The van der Waals surface area contributed by atoms with Crippen LogP contribution in [0.4, 0.5) is 0 Å². The molecular formula is C18H26N2. The van der Waals surface area contributed by atoms with Gasteiger partial charge in [0.05, 0.1) is 0 Å². The lowest BCUT2D eigenvalue weighted by Gasteiger charge is -2.11. The number of allylic oxidation sites excluding steroid dienone is 7. The Labute approximate surface area is 123 Å². The highest BCUT2D eigenvalue weighted by atomic mass is 14.8. The number of nitrogens with zero attached hydrogens (tertiary/aromatic N) is 1. The Bertz CT molecular complexity index is 476. The minimum atomic E-state index is 0.378. The summed E-state index contributed by atoms with van der Waals surface area (Å²) >= 11 is 0. The Kier molecular flexibility index (Phi) is 6.92. The maximum atomic E-state index is 7.38. The van der Waals surface area contributed by atoms with Gasteiger partial charge < -0.3 is 0 Å². The molecule has 0 aromatic carbocycles. The van der Waals surface area contributed by atoms with Gasteiger partial charge in [0.25, 0.3) is 0 Å². The van der Waals surface area contributed by atoms with Gasteiger partial charge in [-0.25, -0.2) is 4.99 Å². The molecule has 0 saturated carbocycles. The molecule has 0 bridgehead atoms. The largest absolute Gasteiger partial charge is 0.287 e. The van der Waals surface area contributed by atoms with E-state index >= 15 is 0 Å². The summed E-state index contributed by atoms with van der Waals surface area (Å²) in [4.78, 5) is 4.18. The van der Waals surface area contributed by atoms with Crippen LogP contribution in [-0.2, 0) is 0 Å². The van der Waals surface area contributed by atoms with Crippen molar-refractivity contribution in [2.45, 2.75) is 46.5 Å². The highest BCUT2D eigenvalue weighted by molar-refractivity contribution is 5.94. The maximum Gasteiger partial charge on any atom is 0.117 e. The third-order valence-electron chi connectivity index (χ3n) is 3.29. The van der Waals surface area contributed by atoms with Crippen molar-refractivity contribution in [3.05, 3.63) is 48.1 Å². The SMILES string of the molecule is C=CC/C(=C\C1=CC[C@@H](C)C=C1)CCC(C)=NC(C)=N. The Morgan fingerprint density at radius 3 is 2.75 bits per heavy atom. The highest BCUT2D eigenvalue weighted by Crippen LogP contribution is 2.20. The average Bonchev–Trinajstić information content (AvgIpc) is 2.38. The molecule has 1 atom stereocenters. The molecule has 0 saturated heterocycles. The van der Waals surface area contributed by atoms with Gasteiger partial charge in [-0.2, -0.15) is 0 Å². The van der Waals surface area contributed by atoms with E-state index in [0.717, 1.165) is 31.4 Å². The van der Waals surface area contributed by atoms with Gasteiger partial charge in [-0.15, -0.1) is 6.58 Å². The van der Waals surface area contributed by atoms with E-state index in [1.165, 1.54) is 11.1 Å². The van der Waals surface area contributed by atoms with Crippen LogP contribution in [0.3, 0.4) is 0 Å². The third kappa shape index (κ3) is 6.46. The first kappa shape index (κ1) is 16.4. The van der Waals surface area contributed by atoms with Gasteiger partial charge in [-0.05, 0) is 51.0 Å². The molecule has 1 rings (SSSR count). The lowest BCUT2D eigenvalue weighted by atomic mass is 9.95. The van der Waals surface area contributed by atoms with E-state index in [1.807, 2.05) is 13.0 Å². The monoisotopic (exact) mass is 270 g/mol. The Balaban J connectivity index is 2.67. The van der Waals surface area contributed by atoms with Crippen LogP contribution in [-0.4, -0.2) is 11.5 Å². The van der Waals surface area contributed by atoms with Crippen LogP contribution in [0.15, 0.2) is 53.1 Å². The zero-order valence-electron chi connectivity index (χ0n) is 12.9. The summed E-state index contributed by atoms with van der Waals surface area (Å²) in [5, 5.41) is 7.38. The van der Waals surface area contributed by atoms with Gasteiger partial charge in [0.2, 0.25) is 0 Å². The maximum absolute atomic E-state index is 7.38. The van der Waals surface area contributed by atoms with Crippen molar-refractivity contribution < 1.29 is 0 Å². The average molecular weight is 270 g/mol. The molecule has 108 valence electrons. The van der Waals surface area contributed by atoms with E-state index in [2.05, 4.69) is 42.8 Å². The molecule has 0 spiro atoms. The van der Waals surface area contributed by atoms with Gasteiger partial charge in [0, 0.05) is 5.71 Å². The van der Waals surface area contributed by atoms with Crippen molar-refractivity contribution in [1.82, 2.24) is 0 Å². The van der Waals surface area contributed by atoms with Gasteiger partial charge in [-0.1, -0.05) is 42.9 Å². The van der Waals surface area contributed by atoms with E-state index in [0.29, 0.717) is 11.8 Å². The van der Waals surface area contributed by atoms with Crippen molar-refractivity contribution in [2.75, 3.05) is 0 Å². The summed E-state index contributed by atoms with van der Waals surface area (Å²) < 4.78 is 0. The second-order valence-electron chi connectivity index (χ2n) is 5.50. The van der Waals surface area contributed by atoms with E-state index < -0.39 is 0 Å². The van der Waals surface area contributed by atoms with Gasteiger partial charge >= 0.3 is 0 Å². The summed E-state index contributed by atoms with van der Waals surface area (Å²) in [6, 6.07) is 0.